The Kier molecular flexibility index (Phi) is 5.63. The van der Waals surface area contributed by atoms with Crippen molar-refractivity contribution < 1.29 is 19.1 Å². The first-order valence-corrected chi connectivity index (χ1v) is 11.3. The van der Waals surface area contributed by atoms with Crippen LogP contribution in [0.2, 0.25) is 0 Å². The Balaban J connectivity index is 1.43. The number of urea groups is 1. The summed E-state index contributed by atoms with van der Waals surface area (Å²) >= 11 is 2.75. The van der Waals surface area contributed by atoms with E-state index in [1.165, 1.54) is 23.1 Å². The Hall–Kier alpha value is -2.00. The minimum Gasteiger partial charge on any atom is -0.462 e. The number of esters is 1. The molecular formula is C19H21N3O4S2. The Bertz CT molecular complexity index is 903. The number of aryl methyl sites for hydroxylation is 1. The summed E-state index contributed by atoms with van der Waals surface area (Å²) in [7, 11) is 0. The van der Waals surface area contributed by atoms with Crippen LogP contribution in [0.4, 0.5) is 9.80 Å². The molecule has 148 valence electrons. The van der Waals surface area contributed by atoms with Crippen LogP contribution in [-0.2, 0) is 22.4 Å². The van der Waals surface area contributed by atoms with E-state index < -0.39 is 6.03 Å². The van der Waals surface area contributed by atoms with Crippen molar-refractivity contribution in [3.8, 4) is 0 Å². The van der Waals surface area contributed by atoms with Gasteiger partial charge < -0.3 is 10.1 Å². The topological polar surface area (TPSA) is 97.2 Å². The molecule has 28 heavy (non-hydrogen) atoms. The zero-order chi connectivity index (χ0) is 19.7. The third kappa shape index (κ3) is 3.77. The van der Waals surface area contributed by atoms with Crippen LogP contribution in [0.1, 0.15) is 53.4 Å². The second kappa shape index (κ2) is 8.16. The van der Waals surface area contributed by atoms with Gasteiger partial charge in [0.05, 0.1) is 23.0 Å². The molecule has 4 rings (SSSR count). The summed E-state index contributed by atoms with van der Waals surface area (Å²) in [5.41, 5.74) is 2.41. The Morgan fingerprint density at radius 3 is 2.93 bits per heavy atom. The normalized spacial score (nSPS) is 20.3. The summed E-state index contributed by atoms with van der Waals surface area (Å²) < 4.78 is 5.19. The number of hydrogen-bond acceptors (Lipinski definition) is 6. The Labute approximate surface area is 171 Å². The molecule has 2 aliphatic carbocycles. The van der Waals surface area contributed by atoms with Gasteiger partial charge in [-0.3, -0.25) is 4.79 Å². The number of rotatable bonds is 5. The van der Waals surface area contributed by atoms with Crippen molar-refractivity contribution >= 4 is 56.8 Å². The van der Waals surface area contributed by atoms with Crippen molar-refractivity contribution in [2.75, 3.05) is 17.7 Å². The number of carbonyl (C=O) groups is 3. The summed E-state index contributed by atoms with van der Waals surface area (Å²) in [4.78, 5) is 45.8. The van der Waals surface area contributed by atoms with Crippen molar-refractivity contribution in [1.82, 2.24) is 0 Å². The minimum absolute atomic E-state index is 0.0798. The van der Waals surface area contributed by atoms with Gasteiger partial charge in [0, 0.05) is 16.5 Å². The highest BCUT2D eigenvalue weighted by Crippen LogP contribution is 2.39. The van der Waals surface area contributed by atoms with Gasteiger partial charge in [0.2, 0.25) is 5.91 Å². The van der Waals surface area contributed by atoms with Gasteiger partial charge in [-0.1, -0.05) is 11.8 Å². The maximum atomic E-state index is 12.5. The van der Waals surface area contributed by atoms with E-state index >= 15 is 0 Å². The van der Waals surface area contributed by atoms with Gasteiger partial charge in [-0.15, -0.1) is 11.3 Å². The number of thioether (sulfide) groups is 1. The standard InChI is InChI=1S/C19H21N3O4S2/c1-2-26-18(24)15-11-6-4-8-13(11)28-17(15)21-14(23)9-27-16-10-5-3-7-12(10)20-19(25)22-16/h10H,2-9H2,1H3,(H,21,23). The molecule has 2 heterocycles. The van der Waals surface area contributed by atoms with E-state index in [0.717, 1.165) is 54.7 Å². The number of thiophene rings is 1. The van der Waals surface area contributed by atoms with Crippen molar-refractivity contribution in [2.24, 2.45) is 15.9 Å². The van der Waals surface area contributed by atoms with Crippen LogP contribution in [0, 0.1) is 5.92 Å². The number of hydrogen-bond donors (Lipinski definition) is 1. The number of ether oxygens (including phenoxy) is 1. The Morgan fingerprint density at radius 1 is 1.25 bits per heavy atom. The number of amides is 3. The number of nitrogens with zero attached hydrogens (tertiary/aromatic N) is 2. The predicted molar refractivity (Wildman–Crippen MR) is 111 cm³/mol. The quantitative estimate of drug-likeness (QED) is 0.731. The second-order valence-electron chi connectivity index (χ2n) is 6.90. The molecule has 0 bridgehead atoms. The summed E-state index contributed by atoms with van der Waals surface area (Å²) in [5, 5.41) is 4.13. The lowest BCUT2D eigenvalue weighted by Gasteiger charge is -2.16. The zero-order valence-corrected chi connectivity index (χ0v) is 17.2. The molecule has 3 amide bonds. The van der Waals surface area contributed by atoms with Crippen LogP contribution >= 0.6 is 23.1 Å². The van der Waals surface area contributed by atoms with E-state index in [4.69, 9.17) is 4.74 Å². The first-order valence-electron chi connectivity index (χ1n) is 9.51. The molecular weight excluding hydrogens is 398 g/mol. The molecule has 1 unspecified atom stereocenters. The lowest BCUT2D eigenvalue weighted by Crippen LogP contribution is -2.24. The highest BCUT2D eigenvalue weighted by atomic mass is 32.2. The van der Waals surface area contributed by atoms with E-state index in [0.29, 0.717) is 22.2 Å². The van der Waals surface area contributed by atoms with Gasteiger partial charge in [0.25, 0.3) is 0 Å². The molecule has 1 aromatic rings. The molecule has 1 aromatic heterocycles. The van der Waals surface area contributed by atoms with Gasteiger partial charge in [-0.2, -0.15) is 4.99 Å². The van der Waals surface area contributed by atoms with Crippen LogP contribution in [0.3, 0.4) is 0 Å². The van der Waals surface area contributed by atoms with Crippen LogP contribution < -0.4 is 5.32 Å². The fraction of sp³-hybridized carbons (Fsp3) is 0.526. The predicted octanol–water partition coefficient (Wildman–Crippen LogP) is 3.86. The molecule has 3 aliphatic rings. The van der Waals surface area contributed by atoms with Crippen LogP contribution in [0.15, 0.2) is 9.98 Å². The maximum Gasteiger partial charge on any atom is 0.367 e. The van der Waals surface area contributed by atoms with Crippen molar-refractivity contribution in [3.05, 3.63) is 16.0 Å². The van der Waals surface area contributed by atoms with Gasteiger partial charge >= 0.3 is 12.0 Å². The lowest BCUT2D eigenvalue weighted by molar-refractivity contribution is -0.113. The third-order valence-corrected chi connectivity index (χ3v) is 7.36. The van der Waals surface area contributed by atoms with E-state index in [9.17, 15) is 14.4 Å². The van der Waals surface area contributed by atoms with Crippen molar-refractivity contribution in [3.63, 3.8) is 0 Å². The number of fused-ring (bicyclic) bond motifs is 2. The molecule has 1 atom stereocenters. The monoisotopic (exact) mass is 419 g/mol. The SMILES string of the molecule is CCOC(=O)c1c(NC(=O)CSC2=NC(=O)N=C3CCCC32)sc2c1CCC2. The van der Waals surface area contributed by atoms with Crippen molar-refractivity contribution in [2.45, 2.75) is 45.4 Å². The average Bonchev–Trinajstić information content (AvgIpc) is 3.35. The van der Waals surface area contributed by atoms with Gasteiger partial charge in [0.1, 0.15) is 5.00 Å². The maximum absolute atomic E-state index is 12.5. The van der Waals surface area contributed by atoms with E-state index in [1.807, 2.05) is 0 Å². The fourth-order valence-corrected chi connectivity index (χ4v) is 6.14. The average molecular weight is 420 g/mol. The Morgan fingerprint density at radius 2 is 2.11 bits per heavy atom. The smallest absolute Gasteiger partial charge is 0.367 e. The van der Waals surface area contributed by atoms with Gasteiger partial charge in [0.15, 0.2) is 0 Å². The van der Waals surface area contributed by atoms with E-state index in [2.05, 4.69) is 15.3 Å². The molecule has 1 fully saturated rings. The number of nitrogens with one attached hydrogen (secondary N) is 1. The molecule has 0 saturated heterocycles. The largest absolute Gasteiger partial charge is 0.462 e. The molecule has 0 radical (unpaired) electrons. The van der Waals surface area contributed by atoms with Gasteiger partial charge in [-0.25, -0.2) is 14.6 Å². The highest BCUT2D eigenvalue weighted by molar-refractivity contribution is 8.14. The van der Waals surface area contributed by atoms with Crippen LogP contribution in [0.5, 0.6) is 0 Å². The van der Waals surface area contributed by atoms with Crippen LogP contribution in [-0.4, -0.2) is 41.0 Å². The molecule has 1 saturated carbocycles. The second-order valence-corrected chi connectivity index (χ2v) is 9.00. The number of carbonyl (C=O) groups excluding carboxylic acids is 3. The molecule has 9 heteroatoms. The molecule has 0 spiro atoms. The number of aliphatic imine (C=N–C) groups is 2. The summed E-state index contributed by atoms with van der Waals surface area (Å²) in [6.45, 7) is 2.07. The van der Waals surface area contributed by atoms with Crippen molar-refractivity contribution in [1.29, 1.82) is 0 Å². The van der Waals surface area contributed by atoms with E-state index in [1.54, 1.807) is 6.92 Å². The van der Waals surface area contributed by atoms with E-state index in [-0.39, 0.29) is 23.5 Å². The molecule has 0 aromatic carbocycles. The number of anilines is 1. The van der Waals surface area contributed by atoms with Crippen LogP contribution in [0.25, 0.3) is 0 Å². The zero-order valence-electron chi connectivity index (χ0n) is 15.6. The molecule has 1 N–H and O–H groups in total. The fourth-order valence-electron chi connectivity index (χ4n) is 3.89. The molecule has 1 aliphatic heterocycles. The minimum atomic E-state index is -0.477. The first kappa shape index (κ1) is 19.3. The summed E-state index contributed by atoms with van der Waals surface area (Å²) in [6.07, 6.45) is 5.53. The first-order chi connectivity index (χ1) is 13.6. The molecule has 7 nitrogen and oxygen atoms in total. The lowest BCUT2D eigenvalue weighted by atomic mass is 10.1. The third-order valence-electron chi connectivity index (χ3n) is 5.08. The highest BCUT2D eigenvalue weighted by Gasteiger charge is 2.33. The van der Waals surface area contributed by atoms with Gasteiger partial charge in [-0.05, 0) is 51.0 Å². The summed E-state index contributed by atoms with van der Waals surface area (Å²) in [6, 6.07) is -0.477. The summed E-state index contributed by atoms with van der Waals surface area (Å²) in [5.74, 6) is -0.372.